The Morgan fingerprint density at radius 1 is 1.22 bits per heavy atom. The van der Waals surface area contributed by atoms with Crippen LogP contribution in [-0.2, 0) is 6.42 Å². The Balaban J connectivity index is 1.49. The number of nitrogens with zero attached hydrogens (tertiary/aromatic N) is 3. The number of alkyl halides is 3. The summed E-state index contributed by atoms with van der Waals surface area (Å²) in [6.07, 6.45) is -3.00. The third-order valence-corrected chi connectivity index (χ3v) is 7.16. The molecule has 1 fully saturated rings. The van der Waals surface area contributed by atoms with Crippen LogP contribution in [0.2, 0.25) is 0 Å². The van der Waals surface area contributed by atoms with Crippen LogP contribution in [0, 0.1) is 17.6 Å². The van der Waals surface area contributed by atoms with E-state index in [2.05, 4.69) is 15.3 Å². The number of halogens is 5. The minimum absolute atomic E-state index is 0.0914. The van der Waals surface area contributed by atoms with Crippen LogP contribution in [0.1, 0.15) is 22.5 Å². The summed E-state index contributed by atoms with van der Waals surface area (Å²) >= 11 is 0.729. The van der Waals surface area contributed by atoms with Gasteiger partial charge in [0.25, 0.3) is 5.91 Å². The minimum atomic E-state index is -4.44. The molecule has 2 aliphatic heterocycles. The zero-order valence-electron chi connectivity index (χ0n) is 19.1. The van der Waals surface area contributed by atoms with Crippen LogP contribution < -0.4 is 26.4 Å². The van der Waals surface area contributed by atoms with Crippen molar-refractivity contribution in [2.75, 3.05) is 35.6 Å². The summed E-state index contributed by atoms with van der Waals surface area (Å²) in [5.41, 5.74) is 12.2. The van der Waals surface area contributed by atoms with Crippen LogP contribution in [0.25, 0.3) is 10.6 Å². The smallest absolute Gasteiger partial charge is 0.393 e. The number of ether oxygens (including phenoxy) is 1. The number of rotatable bonds is 4. The maximum Gasteiger partial charge on any atom is 0.393 e. The summed E-state index contributed by atoms with van der Waals surface area (Å²) in [4.78, 5) is 22.9. The molecule has 0 aliphatic carbocycles. The predicted molar refractivity (Wildman–Crippen MR) is 128 cm³/mol. The highest BCUT2D eigenvalue weighted by Crippen LogP contribution is 2.42. The number of aromatic nitrogens is 2. The second-order valence-electron chi connectivity index (χ2n) is 8.82. The lowest BCUT2D eigenvalue weighted by atomic mass is 9.93. The number of carbonyl (C=O) groups is 1. The number of hydrogen-bond donors (Lipinski definition) is 3. The lowest BCUT2D eigenvalue weighted by Gasteiger charge is -2.39. The van der Waals surface area contributed by atoms with Crippen molar-refractivity contribution in [3.8, 4) is 16.5 Å². The molecule has 2 aliphatic rings. The van der Waals surface area contributed by atoms with Gasteiger partial charge in [-0.15, -0.1) is 0 Å². The number of nitrogens with two attached hydrogens (primary N) is 2. The molecule has 1 amide bonds. The molecule has 1 aromatic carbocycles. The van der Waals surface area contributed by atoms with Gasteiger partial charge in [-0.05, 0) is 18.6 Å². The lowest BCUT2D eigenvalue weighted by molar-refractivity contribution is -0.177. The standard InChI is InChI=1S/C23H21F5N6O2S/c24-13-2-1-3-14(25)16(13)22-33-17(19(30)37-22)20(35)32-15-7-31-21-12(4-5-36-21)18(15)34-8-10(23(26,27)28)6-11(29)9-34/h1-3,7,10-11H,4-6,8-9,29-30H2,(H,32,35)/t10-,11+/m1/s1. The first-order chi connectivity index (χ1) is 17.5. The molecule has 5 N–H and O–H groups in total. The number of amides is 1. The van der Waals surface area contributed by atoms with E-state index in [4.69, 9.17) is 16.2 Å². The van der Waals surface area contributed by atoms with Crippen LogP contribution in [0.3, 0.4) is 0 Å². The van der Waals surface area contributed by atoms with Crippen LogP contribution in [-0.4, -0.2) is 47.8 Å². The second kappa shape index (κ2) is 9.41. The normalized spacial score (nSPS) is 19.5. The maximum atomic E-state index is 14.2. The molecule has 3 aromatic rings. The van der Waals surface area contributed by atoms with Gasteiger partial charge < -0.3 is 26.4 Å². The van der Waals surface area contributed by atoms with Crippen molar-refractivity contribution < 1.29 is 31.5 Å². The Morgan fingerprint density at radius 2 is 1.95 bits per heavy atom. The van der Waals surface area contributed by atoms with Gasteiger partial charge in [-0.3, -0.25) is 4.79 Å². The molecule has 8 nitrogen and oxygen atoms in total. The number of thiazole rings is 1. The van der Waals surface area contributed by atoms with Gasteiger partial charge in [0, 0.05) is 31.1 Å². The molecule has 14 heteroatoms. The summed E-state index contributed by atoms with van der Waals surface area (Å²) in [7, 11) is 0. The van der Waals surface area contributed by atoms with Crippen molar-refractivity contribution in [2.24, 2.45) is 11.7 Å². The topological polar surface area (TPSA) is 119 Å². The highest BCUT2D eigenvalue weighted by molar-refractivity contribution is 7.19. The van der Waals surface area contributed by atoms with Crippen LogP contribution >= 0.6 is 11.3 Å². The van der Waals surface area contributed by atoms with E-state index < -0.39 is 41.2 Å². The molecule has 5 rings (SSSR count). The van der Waals surface area contributed by atoms with Crippen molar-refractivity contribution >= 4 is 33.6 Å². The molecule has 2 atom stereocenters. The zero-order chi connectivity index (χ0) is 26.5. The molecule has 2 aromatic heterocycles. The first-order valence-electron chi connectivity index (χ1n) is 11.3. The maximum absolute atomic E-state index is 14.2. The average Bonchev–Trinajstić information content (AvgIpc) is 3.44. The minimum Gasteiger partial charge on any atom is -0.477 e. The fourth-order valence-corrected chi connectivity index (χ4v) is 5.50. The molecular weight excluding hydrogens is 519 g/mol. The van der Waals surface area contributed by atoms with Crippen molar-refractivity contribution in [1.29, 1.82) is 0 Å². The van der Waals surface area contributed by atoms with E-state index >= 15 is 0 Å². The number of nitrogen functional groups attached to an aromatic ring is 1. The number of hydrogen-bond acceptors (Lipinski definition) is 8. The van der Waals surface area contributed by atoms with Crippen LogP contribution in [0.4, 0.5) is 38.3 Å². The van der Waals surface area contributed by atoms with E-state index in [0.717, 1.165) is 23.5 Å². The zero-order valence-corrected chi connectivity index (χ0v) is 19.9. The van der Waals surface area contributed by atoms with Gasteiger partial charge in [-0.25, -0.2) is 18.7 Å². The van der Waals surface area contributed by atoms with Crippen molar-refractivity contribution in [3.05, 3.63) is 47.3 Å². The molecular formula is C23H21F5N6O2S. The first kappa shape index (κ1) is 25.1. The van der Waals surface area contributed by atoms with Crippen LogP contribution in [0.15, 0.2) is 24.4 Å². The number of anilines is 3. The van der Waals surface area contributed by atoms with Gasteiger partial charge in [0.1, 0.15) is 21.6 Å². The highest BCUT2D eigenvalue weighted by atomic mass is 32.1. The van der Waals surface area contributed by atoms with Gasteiger partial charge in [-0.1, -0.05) is 17.4 Å². The van der Waals surface area contributed by atoms with Crippen molar-refractivity contribution in [2.45, 2.75) is 25.1 Å². The molecule has 4 heterocycles. The van der Waals surface area contributed by atoms with Gasteiger partial charge in [0.15, 0.2) is 5.69 Å². The van der Waals surface area contributed by atoms with Gasteiger partial charge in [-0.2, -0.15) is 13.2 Å². The number of benzene rings is 1. The monoisotopic (exact) mass is 540 g/mol. The van der Waals surface area contributed by atoms with Gasteiger partial charge in [0.2, 0.25) is 5.88 Å². The Kier molecular flexibility index (Phi) is 6.40. The Labute approximate surface area is 211 Å². The second-order valence-corrected chi connectivity index (χ2v) is 9.86. The number of fused-ring (bicyclic) bond motifs is 1. The highest BCUT2D eigenvalue weighted by Gasteiger charge is 2.45. The van der Waals surface area contributed by atoms with E-state index in [1.54, 1.807) is 0 Å². The molecule has 0 bridgehead atoms. The summed E-state index contributed by atoms with van der Waals surface area (Å²) in [5.74, 6) is -3.94. The molecule has 0 radical (unpaired) electrons. The number of nitrogens with one attached hydrogen (secondary N) is 1. The Bertz CT molecular complexity index is 1340. The molecule has 37 heavy (non-hydrogen) atoms. The van der Waals surface area contributed by atoms with E-state index in [9.17, 15) is 26.7 Å². The largest absolute Gasteiger partial charge is 0.477 e. The molecule has 1 saturated heterocycles. The van der Waals surface area contributed by atoms with Gasteiger partial charge >= 0.3 is 6.18 Å². The molecule has 0 spiro atoms. The third kappa shape index (κ3) is 4.78. The van der Waals surface area contributed by atoms with E-state index in [0.29, 0.717) is 17.7 Å². The summed E-state index contributed by atoms with van der Waals surface area (Å²) in [6.45, 7) is 0.0550. The van der Waals surface area contributed by atoms with Crippen LogP contribution in [0.5, 0.6) is 5.88 Å². The third-order valence-electron chi connectivity index (χ3n) is 6.26. The Morgan fingerprint density at radius 3 is 2.65 bits per heavy atom. The number of piperidine rings is 1. The Hall–Kier alpha value is -3.52. The van der Waals surface area contributed by atoms with E-state index in [1.807, 2.05) is 0 Å². The van der Waals surface area contributed by atoms with Crippen molar-refractivity contribution in [1.82, 2.24) is 9.97 Å². The fourth-order valence-electron chi connectivity index (χ4n) is 4.62. The van der Waals surface area contributed by atoms with Gasteiger partial charge in [0.05, 0.1) is 35.7 Å². The summed E-state index contributed by atoms with van der Waals surface area (Å²) in [5, 5.41) is 2.39. The SMILES string of the molecule is Nc1sc(-c2c(F)cccc2F)nc1C(=O)Nc1cnc2c(c1N1C[C@@H](N)C[C@@H](C(F)(F)F)C1)CCO2. The van der Waals surface area contributed by atoms with E-state index in [1.165, 1.54) is 17.2 Å². The summed E-state index contributed by atoms with van der Waals surface area (Å²) < 4.78 is 74.7. The first-order valence-corrected chi connectivity index (χ1v) is 12.1. The molecule has 0 unspecified atom stereocenters. The number of pyridine rings is 1. The predicted octanol–water partition coefficient (Wildman–Crippen LogP) is 3.97. The summed E-state index contributed by atoms with van der Waals surface area (Å²) in [6, 6.07) is 2.55. The molecule has 0 saturated carbocycles. The van der Waals surface area contributed by atoms with E-state index in [-0.39, 0.29) is 53.4 Å². The quantitative estimate of drug-likeness (QED) is 0.429. The number of carbonyl (C=O) groups excluding carboxylic acids is 1. The lowest BCUT2D eigenvalue weighted by Crippen LogP contribution is -2.51. The molecule has 196 valence electrons. The van der Waals surface area contributed by atoms with Crippen molar-refractivity contribution in [3.63, 3.8) is 0 Å². The fraction of sp³-hybridized carbons (Fsp3) is 0.348. The average molecular weight is 541 g/mol.